The molecule has 0 aliphatic carbocycles. The van der Waals surface area contributed by atoms with E-state index in [-0.39, 0.29) is 23.7 Å². The standard InChI is InChI=1S/C17H13F6N3O2/c1-2-28-14(27)10-8-25(12-5-3-11(4-6-12)16(18,19)20)13-7-24-15(17(21,22)23)26(13)9-10/h3-8H,2,9H2,1H3. The number of alkyl halides is 6. The maximum atomic E-state index is 13.2. The van der Waals surface area contributed by atoms with E-state index in [1.807, 2.05) is 0 Å². The summed E-state index contributed by atoms with van der Waals surface area (Å²) in [5.41, 5.74) is -0.880. The van der Waals surface area contributed by atoms with Gasteiger partial charge in [0, 0.05) is 11.9 Å². The zero-order valence-corrected chi connectivity index (χ0v) is 14.3. The summed E-state index contributed by atoms with van der Waals surface area (Å²) in [5, 5.41) is 0. The van der Waals surface area contributed by atoms with Crippen molar-refractivity contribution >= 4 is 17.5 Å². The highest BCUT2D eigenvalue weighted by atomic mass is 19.4. The third kappa shape index (κ3) is 3.69. The fourth-order valence-corrected chi connectivity index (χ4v) is 2.73. The Hall–Kier alpha value is -2.98. The van der Waals surface area contributed by atoms with Gasteiger partial charge in [-0.2, -0.15) is 26.3 Å². The van der Waals surface area contributed by atoms with Crippen LogP contribution in [0.3, 0.4) is 0 Å². The Bertz CT molecular complexity index is 912. The van der Waals surface area contributed by atoms with Gasteiger partial charge in [-0.1, -0.05) is 0 Å². The molecule has 2 aromatic rings. The number of carbonyl (C=O) groups excluding carboxylic acids is 1. The second kappa shape index (κ2) is 6.88. The summed E-state index contributed by atoms with van der Waals surface area (Å²) in [5.74, 6) is -2.10. The van der Waals surface area contributed by atoms with Crippen molar-refractivity contribution in [2.24, 2.45) is 0 Å². The summed E-state index contributed by atoms with van der Waals surface area (Å²) in [6.45, 7) is 1.12. The Kier molecular flexibility index (Phi) is 4.86. The number of aromatic nitrogens is 2. The summed E-state index contributed by atoms with van der Waals surface area (Å²) in [6, 6.07) is 3.79. The molecule has 150 valence electrons. The van der Waals surface area contributed by atoms with E-state index in [1.165, 1.54) is 6.20 Å². The van der Waals surface area contributed by atoms with E-state index < -0.39 is 36.3 Å². The lowest BCUT2D eigenvalue weighted by molar-refractivity contribution is -0.147. The molecule has 1 aliphatic heterocycles. The molecular formula is C17H13F6N3O2. The summed E-state index contributed by atoms with van der Waals surface area (Å²) in [6.07, 6.45) is -7.16. The van der Waals surface area contributed by atoms with Gasteiger partial charge in [-0.05, 0) is 31.2 Å². The molecule has 0 spiro atoms. The normalized spacial score (nSPS) is 14.5. The van der Waals surface area contributed by atoms with Gasteiger partial charge in [-0.3, -0.25) is 0 Å². The molecule has 1 aromatic heterocycles. The predicted octanol–water partition coefficient (Wildman–Crippen LogP) is 4.52. The number of fused-ring (bicyclic) bond motifs is 1. The number of ether oxygens (including phenoxy) is 1. The Labute approximate surface area is 154 Å². The number of anilines is 2. The summed E-state index contributed by atoms with van der Waals surface area (Å²) in [7, 11) is 0. The minimum atomic E-state index is -4.78. The molecule has 2 heterocycles. The van der Waals surface area contributed by atoms with Crippen LogP contribution >= 0.6 is 0 Å². The summed E-state index contributed by atoms with van der Waals surface area (Å²) in [4.78, 5) is 16.6. The van der Waals surface area contributed by atoms with Crippen molar-refractivity contribution < 1.29 is 35.9 Å². The molecule has 0 saturated carbocycles. The number of nitrogens with zero attached hydrogens (tertiary/aromatic N) is 3. The smallest absolute Gasteiger partial charge is 0.449 e. The van der Waals surface area contributed by atoms with E-state index in [0.717, 1.165) is 39.9 Å². The third-order valence-electron chi connectivity index (χ3n) is 3.96. The number of halogens is 6. The number of carbonyl (C=O) groups is 1. The van der Waals surface area contributed by atoms with Crippen LogP contribution < -0.4 is 4.90 Å². The third-order valence-corrected chi connectivity index (χ3v) is 3.96. The molecular weight excluding hydrogens is 392 g/mol. The van der Waals surface area contributed by atoms with Gasteiger partial charge < -0.3 is 14.2 Å². The molecule has 1 aliphatic rings. The zero-order valence-electron chi connectivity index (χ0n) is 14.3. The highest BCUT2D eigenvalue weighted by molar-refractivity contribution is 5.90. The van der Waals surface area contributed by atoms with Crippen LogP contribution in [0.15, 0.2) is 42.2 Å². The maximum absolute atomic E-state index is 13.2. The second-order valence-corrected chi connectivity index (χ2v) is 5.81. The molecule has 0 fully saturated rings. The number of hydrogen-bond acceptors (Lipinski definition) is 4. The van der Waals surface area contributed by atoms with Gasteiger partial charge in [-0.25, -0.2) is 9.78 Å². The zero-order chi connectivity index (χ0) is 20.7. The molecule has 5 nitrogen and oxygen atoms in total. The Morgan fingerprint density at radius 2 is 1.75 bits per heavy atom. The average molecular weight is 405 g/mol. The Morgan fingerprint density at radius 1 is 1.11 bits per heavy atom. The molecule has 0 N–H and O–H groups in total. The van der Waals surface area contributed by atoms with Crippen molar-refractivity contribution in [3.05, 3.63) is 53.6 Å². The Morgan fingerprint density at radius 3 is 2.29 bits per heavy atom. The average Bonchev–Trinajstić information content (AvgIpc) is 3.05. The largest absolute Gasteiger partial charge is 0.463 e. The first-order valence-corrected chi connectivity index (χ1v) is 7.99. The van der Waals surface area contributed by atoms with E-state index in [4.69, 9.17) is 4.74 Å². The molecule has 0 unspecified atom stereocenters. The first kappa shape index (κ1) is 19.8. The van der Waals surface area contributed by atoms with Gasteiger partial charge in [-0.15, -0.1) is 0 Å². The lowest BCUT2D eigenvalue weighted by Gasteiger charge is -2.28. The predicted molar refractivity (Wildman–Crippen MR) is 85.5 cm³/mol. The molecule has 0 saturated heterocycles. The van der Waals surface area contributed by atoms with E-state index in [0.29, 0.717) is 0 Å². The van der Waals surface area contributed by atoms with Crippen molar-refractivity contribution in [1.29, 1.82) is 0 Å². The van der Waals surface area contributed by atoms with Crippen LogP contribution in [0, 0.1) is 0 Å². The van der Waals surface area contributed by atoms with Crippen LogP contribution in [0.25, 0.3) is 0 Å². The van der Waals surface area contributed by atoms with Crippen LogP contribution in [-0.2, 0) is 28.4 Å². The van der Waals surface area contributed by atoms with Gasteiger partial charge in [0.2, 0.25) is 5.82 Å². The number of benzene rings is 1. The van der Waals surface area contributed by atoms with Gasteiger partial charge in [0.15, 0.2) is 0 Å². The lowest BCUT2D eigenvalue weighted by Crippen LogP contribution is -2.28. The fourth-order valence-electron chi connectivity index (χ4n) is 2.73. The minimum absolute atomic E-state index is 0.0133. The van der Waals surface area contributed by atoms with Crippen molar-refractivity contribution in [2.75, 3.05) is 11.5 Å². The first-order chi connectivity index (χ1) is 13.0. The highest BCUT2D eigenvalue weighted by Gasteiger charge is 2.40. The second-order valence-electron chi connectivity index (χ2n) is 5.81. The van der Waals surface area contributed by atoms with E-state index >= 15 is 0 Å². The fraction of sp³-hybridized carbons (Fsp3) is 0.294. The van der Waals surface area contributed by atoms with E-state index in [9.17, 15) is 31.1 Å². The Balaban J connectivity index is 2.08. The van der Waals surface area contributed by atoms with Crippen LogP contribution in [0.5, 0.6) is 0 Å². The molecule has 0 atom stereocenters. The molecule has 28 heavy (non-hydrogen) atoms. The van der Waals surface area contributed by atoms with Crippen molar-refractivity contribution in [3.63, 3.8) is 0 Å². The minimum Gasteiger partial charge on any atom is -0.463 e. The van der Waals surface area contributed by atoms with Crippen molar-refractivity contribution in [3.8, 4) is 0 Å². The van der Waals surface area contributed by atoms with Gasteiger partial charge in [0.25, 0.3) is 0 Å². The van der Waals surface area contributed by atoms with E-state index in [1.54, 1.807) is 6.92 Å². The van der Waals surface area contributed by atoms with Crippen LogP contribution in [0.1, 0.15) is 18.3 Å². The van der Waals surface area contributed by atoms with Gasteiger partial charge >= 0.3 is 18.3 Å². The van der Waals surface area contributed by atoms with Gasteiger partial charge in [0.05, 0.1) is 30.5 Å². The summed E-state index contributed by atoms with van der Waals surface area (Å²) < 4.78 is 83.6. The quantitative estimate of drug-likeness (QED) is 0.557. The summed E-state index contributed by atoms with van der Waals surface area (Å²) >= 11 is 0. The van der Waals surface area contributed by atoms with Crippen LogP contribution in [-0.4, -0.2) is 22.1 Å². The van der Waals surface area contributed by atoms with E-state index in [2.05, 4.69) is 4.98 Å². The van der Waals surface area contributed by atoms with Crippen molar-refractivity contribution in [2.45, 2.75) is 25.8 Å². The SMILES string of the molecule is CCOC(=O)C1=CN(c2ccc(C(F)(F)F)cc2)c2cnc(C(F)(F)F)n2C1. The number of hydrogen-bond donors (Lipinski definition) is 0. The highest BCUT2D eigenvalue weighted by Crippen LogP contribution is 2.38. The molecule has 0 radical (unpaired) electrons. The first-order valence-electron chi connectivity index (χ1n) is 7.99. The molecule has 3 rings (SSSR count). The van der Waals surface area contributed by atoms with Crippen LogP contribution in [0.2, 0.25) is 0 Å². The molecule has 11 heteroatoms. The number of esters is 1. The van der Waals surface area contributed by atoms with Crippen molar-refractivity contribution in [1.82, 2.24) is 9.55 Å². The molecule has 1 aromatic carbocycles. The number of rotatable bonds is 3. The van der Waals surface area contributed by atoms with Crippen LogP contribution in [0.4, 0.5) is 37.8 Å². The number of imidazole rings is 1. The molecule has 0 amide bonds. The lowest BCUT2D eigenvalue weighted by atomic mass is 10.1. The van der Waals surface area contributed by atoms with Gasteiger partial charge in [0.1, 0.15) is 5.82 Å². The topological polar surface area (TPSA) is 47.4 Å². The molecule has 0 bridgehead atoms. The monoisotopic (exact) mass is 405 g/mol. The maximum Gasteiger partial charge on any atom is 0.449 e.